The first kappa shape index (κ1) is 18.6. The fraction of sp³-hybridized carbons (Fsp3) is 0.450. The smallest absolute Gasteiger partial charge is 0.183 e. The van der Waals surface area contributed by atoms with Gasteiger partial charge in [0, 0.05) is 12.1 Å². The van der Waals surface area contributed by atoms with Crippen LogP contribution in [0.1, 0.15) is 55.3 Å². The number of imidazole rings is 1. The van der Waals surface area contributed by atoms with E-state index in [0.717, 1.165) is 51.3 Å². The first-order valence-electron chi connectivity index (χ1n) is 9.19. The Labute approximate surface area is 159 Å². The Balaban J connectivity index is 2.20. The van der Waals surface area contributed by atoms with Crippen molar-refractivity contribution >= 4 is 22.1 Å². The Morgan fingerprint density at radius 2 is 1.92 bits per heavy atom. The van der Waals surface area contributed by atoms with Crippen molar-refractivity contribution in [1.82, 2.24) is 19.6 Å². The number of rotatable bonds is 7. The average molecular weight is 370 g/mol. The quantitative estimate of drug-likeness (QED) is 0.576. The van der Waals surface area contributed by atoms with Crippen molar-refractivity contribution in [3.8, 4) is 10.6 Å². The standard InChI is InChI=1S/C20H27N5S/c1-7-10-21-20-23-14(6)18(26-20)17-13(5)22-19-16(15(8-2)9-3)11-12(4)24-25(17)19/h7,11,15H,1,8-10H2,2-6H3,(H,21,23). The molecule has 3 rings (SSSR count). The number of aryl methyl sites for hydroxylation is 3. The molecule has 0 aromatic carbocycles. The zero-order valence-electron chi connectivity index (χ0n) is 16.3. The summed E-state index contributed by atoms with van der Waals surface area (Å²) in [4.78, 5) is 10.7. The second-order valence-corrected chi connectivity index (χ2v) is 7.64. The Kier molecular flexibility index (Phi) is 5.41. The van der Waals surface area contributed by atoms with Gasteiger partial charge >= 0.3 is 0 Å². The molecule has 0 aliphatic rings. The van der Waals surface area contributed by atoms with Gasteiger partial charge in [0.25, 0.3) is 0 Å². The lowest BCUT2D eigenvalue weighted by atomic mass is 9.95. The summed E-state index contributed by atoms with van der Waals surface area (Å²) in [5.41, 5.74) is 6.34. The lowest BCUT2D eigenvalue weighted by Gasteiger charge is -2.14. The predicted octanol–water partition coefficient (Wildman–Crippen LogP) is 5.28. The largest absolute Gasteiger partial charge is 0.358 e. The van der Waals surface area contributed by atoms with E-state index in [1.165, 1.54) is 5.56 Å². The van der Waals surface area contributed by atoms with E-state index in [2.05, 4.69) is 50.6 Å². The highest BCUT2D eigenvalue weighted by Crippen LogP contribution is 2.36. The van der Waals surface area contributed by atoms with E-state index in [-0.39, 0.29) is 0 Å². The second-order valence-electron chi connectivity index (χ2n) is 6.64. The van der Waals surface area contributed by atoms with E-state index in [1.54, 1.807) is 11.3 Å². The van der Waals surface area contributed by atoms with Gasteiger partial charge in [-0.05, 0) is 45.6 Å². The van der Waals surface area contributed by atoms with E-state index < -0.39 is 0 Å². The Hall–Kier alpha value is -2.21. The number of anilines is 1. The Bertz CT molecular complexity index is 933. The number of fused-ring (bicyclic) bond motifs is 1. The third-order valence-corrected chi connectivity index (χ3v) is 5.87. The van der Waals surface area contributed by atoms with Crippen LogP contribution in [0, 0.1) is 20.8 Å². The molecule has 0 saturated carbocycles. The molecule has 6 heteroatoms. The molecule has 0 amide bonds. The number of nitrogens with one attached hydrogen (secondary N) is 1. The number of hydrogen-bond acceptors (Lipinski definition) is 5. The van der Waals surface area contributed by atoms with Crippen molar-refractivity contribution < 1.29 is 0 Å². The van der Waals surface area contributed by atoms with Gasteiger partial charge in [-0.3, -0.25) is 0 Å². The molecule has 0 radical (unpaired) electrons. The van der Waals surface area contributed by atoms with Crippen LogP contribution in [0.15, 0.2) is 18.7 Å². The van der Waals surface area contributed by atoms with Crippen LogP contribution >= 0.6 is 11.3 Å². The van der Waals surface area contributed by atoms with E-state index >= 15 is 0 Å². The monoisotopic (exact) mass is 369 g/mol. The molecule has 26 heavy (non-hydrogen) atoms. The minimum atomic E-state index is 0.501. The predicted molar refractivity (Wildman–Crippen MR) is 110 cm³/mol. The third kappa shape index (κ3) is 3.26. The lowest BCUT2D eigenvalue weighted by Crippen LogP contribution is -2.05. The molecule has 3 heterocycles. The summed E-state index contributed by atoms with van der Waals surface area (Å²) in [6.45, 7) is 15.1. The molecule has 1 N–H and O–H groups in total. The van der Waals surface area contributed by atoms with Crippen molar-refractivity contribution in [3.63, 3.8) is 0 Å². The molecule has 0 atom stereocenters. The maximum atomic E-state index is 4.90. The fourth-order valence-corrected chi connectivity index (χ4v) is 4.47. The molecule has 0 saturated heterocycles. The molecule has 138 valence electrons. The van der Waals surface area contributed by atoms with Gasteiger partial charge in [-0.25, -0.2) is 14.5 Å². The van der Waals surface area contributed by atoms with Gasteiger partial charge < -0.3 is 5.32 Å². The molecule has 0 aliphatic carbocycles. The fourth-order valence-electron chi connectivity index (χ4n) is 3.42. The average Bonchev–Trinajstić information content (AvgIpc) is 3.12. The van der Waals surface area contributed by atoms with Gasteiger partial charge in [-0.15, -0.1) is 6.58 Å². The molecule has 0 bridgehead atoms. The van der Waals surface area contributed by atoms with Crippen LogP contribution in [0.3, 0.4) is 0 Å². The van der Waals surface area contributed by atoms with Crippen LogP contribution in [0.25, 0.3) is 16.2 Å². The normalized spacial score (nSPS) is 11.5. The van der Waals surface area contributed by atoms with Crippen LogP contribution in [0.5, 0.6) is 0 Å². The molecule has 0 aliphatic heterocycles. The van der Waals surface area contributed by atoms with Crippen LogP contribution in [0.2, 0.25) is 0 Å². The first-order valence-corrected chi connectivity index (χ1v) is 10.0. The zero-order chi connectivity index (χ0) is 18.8. The third-order valence-electron chi connectivity index (χ3n) is 4.74. The van der Waals surface area contributed by atoms with Gasteiger partial charge in [0.1, 0.15) is 5.69 Å². The van der Waals surface area contributed by atoms with Crippen LogP contribution in [0.4, 0.5) is 5.13 Å². The summed E-state index contributed by atoms with van der Waals surface area (Å²) in [5.74, 6) is 0.501. The molecule has 0 unspecified atom stereocenters. The Morgan fingerprint density at radius 1 is 1.19 bits per heavy atom. The second kappa shape index (κ2) is 7.58. The summed E-state index contributed by atoms with van der Waals surface area (Å²) >= 11 is 1.65. The highest BCUT2D eigenvalue weighted by atomic mass is 32.1. The summed E-state index contributed by atoms with van der Waals surface area (Å²) in [6, 6.07) is 2.19. The molecule has 5 nitrogen and oxygen atoms in total. The summed E-state index contributed by atoms with van der Waals surface area (Å²) in [7, 11) is 0. The number of hydrogen-bond donors (Lipinski definition) is 1. The van der Waals surface area contributed by atoms with Crippen molar-refractivity contribution in [2.75, 3.05) is 11.9 Å². The molecule has 3 aromatic heterocycles. The molecular formula is C20H27N5S. The summed E-state index contributed by atoms with van der Waals surface area (Å²) < 4.78 is 2.02. The minimum absolute atomic E-state index is 0.501. The summed E-state index contributed by atoms with van der Waals surface area (Å²) in [5, 5.41) is 8.98. The van der Waals surface area contributed by atoms with E-state index in [1.807, 2.05) is 17.5 Å². The number of nitrogens with zero attached hydrogens (tertiary/aromatic N) is 4. The number of thiazole rings is 1. The minimum Gasteiger partial charge on any atom is -0.358 e. The maximum absolute atomic E-state index is 4.90. The van der Waals surface area contributed by atoms with Crippen molar-refractivity contribution in [2.45, 2.75) is 53.4 Å². The molecule has 3 aromatic rings. The van der Waals surface area contributed by atoms with E-state index in [0.29, 0.717) is 12.5 Å². The van der Waals surface area contributed by atoms with E-state index in [4.69, 9.17) is 10.1 Å². The van der Waals surface area contributed by atoms with Crippen LogP contribution < -0.4 is 5.32 Å². The Morgan fingerprint density at radius 3 is 2.58 bits per heavy atom. The molecular weight excluding hydrogens is 342 g/mol. The van der Waals surface area contributed by atoms with Gasteiger partial charge in [0.2, 0.25) is 0 Å². The highest BCUT2D eigenvalue weighted by Gasteiger charge is 2.22. The lowest BCUT2D eigenvalue weighted by molar-refractivity contribution is 0.638. The molecule has 0 fully saturated rings. The van der Waals surface area contributed by atoms with Crippen LogP contribution in [-0.2, 0) is 0 Å². The van der Waals surface area contributed by atoms with Gasteiger partial charge in [-0.2, -0.15) is 5.10 Å². The SMILES string of the molecule is C=CCNc1nc(C)c(-c2c(C)nc3c(C(CC)CC)cc(C)nn23)s1. The zero-order valence-corrected chi connectivity index (χ0v) is 17.1. The van der Waals surface area contributed by atoms with Gasteiger partial charge in [0.05, 0.1) is 22.0 Å². The van der Waals surface area contributed by atoms with Crippen molar-refractivity contribution in [2.24, 2.45) is 0 Å². The number of aromatic nitrogens is 4. The molecule has 0 spiro atoms. The highest BCUT2D eigenvalue weighted by molar-refractivity contribution is 7.19. The van der Waals surface area contributed by atoms with E-state index in [9.17, 15) is 0 Å². The van der Waals surface area contributed by atoms with Gasteiger partial charge in [-0.1, -0.05) is 31.3 Å². The van der Waals surface area contributed by atoms with Crippen molar-refractivity contribution in [1.29, 1.82) is 0 Å². The maximum Gasteiger partial charge on any atom is 0.183 e. The topological polar surface area (TPSA) is 55.1 Å². The first-order chi connectivity index (χ1) is 12.5. The van der Waals surface area contributed by atoms with Crippen molar-refractivity contribution in [3.05, 3.63) is 41.4 Å². The van der Waals surface area contributed by atoms with Crippen LogP contribution in [-0.4, -0.2) is 26.1 Å². The summed E-state index contributed by atoms with van der Waals surface area (Å²) in [6.07, 6.45) is 4.04. The van der Waals surface area contributed by atoms with Gasteiger partial charge in [0.15, 0.2) is 10.8 Å².